The number of aromatic nitrogens is 1. The highest BCUT2D eigenvalue weighted by molar-refractivity contribution is 6.51. The van der Waals surface area contributed by atoms with Crippen LogP contribution in [0.1, 0.15) is 17.2 Å². The number of hydrogen-bond donors (Lipinski definition) is 2. The maximum absolute atomic E-state index is 12.9. The standard InChI is InChI=1S/C22H16N2O4/c25-17-10-8-14(9-11-17)19-18(20(26)15-5-2-1-3-6-15)21(27)22(28)24(19)16-7-4-12-23-13-16/h1-13,19,25-26H/b20-18-. The van der Waals surface area contributed by atoms with Gasteiger partial charge in [0, 0.05) is 11.8 Å². The van der Waals surface area contributed by atoms with Crippen molar-refractivity contribution in [1.82, 2.24) is 4.98 Å². The van der Waals surface area contributed by atoms with Gasteiger partial charge in [-0.25, -0.2) is 0 Å². The van der Waals surface area contributed by atoms with Gasteiger partial charge in [-0.15, -0.1) is 0 Å². The molecule has 28 heavy (non-hydrogen) atoms. The van der Waals surface area contributed by atoms with Crippen LogP contribution >= 0.6 is 0 Å². The number of benzene rings is 2. The lowest BCUT2D eigenvalue weighted by Gasteiger charge is -2.25. The second-order valence-electron chi connectivity index (χ2n) is 6.34. The lowest BCUT2D eigenvalue weighted by molar-refractivity contribution is -0.132. The normalized spacial score (nSPS) is 18.4. The van der Waals surface area contributed by atoms with Crippen LogP contribution < -0.4 is 4.90 Å². The number of aliphatic hydroxyl groups is 1. The van der Waals surface area contributed by atoms with Crippen LogP contribution in [0.5, 0.6) is 5.75 Å². The number of hydrogen-bond acceptors (Lipinski definition) is 5. The van der Waals surface area contributed by atoms with E-state index in [-0.39, 0.29) is 17.1 Å². The smallest absolute Gasteiger partial charge is 0.300 e. The summed E-state index contributed by atoms with van der Waals surface area (Å²) in [7, 11) is 0. The molecule has 6 heteroatoms. The molecule has 0 radical (unpaired) electrons. The topological polar surface area (TPSA) is 90.7 Å². The highest BCUT2D eigenvalue weighted by Crippen LogP contribution is 2.42. The molecule has 3 aromatic rings. The number of ketones is 1. The molecule has 1 fully saturated rings. The second kappa shape index (κ2) is 7.00. The van der Waals surface area contributed by atoms with Gasteiger partial charge in [-0.2, -0.15) is 0 Å². The quantitative estimate of drug-likeness (QED) is 0.418. The molecule has 0 aliphatic carbocycles. The van der Waals surface area contributed by atoms with Crippen molar-refractivity contribution in [3.05, 3.63) is 95.8 Å². The van der Waals surface area contributed by atoms with Crippen molar-refractivity contribution in [3.8, 4) is 5.75 Å². The molecule has 1 saturated heterocycles. The van der Waals surface area contributed by atoms with Crippen LogP contribution in [0.4, 0.5) is 5.69 Å². The van der Waals surface area contributed by atoms with Gasteiger partial charge in [-0.1, -0.05) is 42.5 Å². The van der Waals surface area contributed by atoms with E-state index >= 15 is 0 Å². The third-order valence-corrected chi connectivity index (χ3v) is 4.62. The third-order valence-electron chi connectivity index (χ3n) is 4.62. The van der Waals surface area contributed by atoms with Crippen molar-refractivity contribution < 1.29 is 19.8 Å². The third kappa shape index (κ3) is 2.91. The van der Waals surface area contributed by atoms with Gasteiger partial charge in [0.15, 0.2) is 0 Å². The Bertz CT molecular complexity index is 1060. The van der Waals surface area contributed by atoms with Gasteiger partial charge in [0.25, 0.3) is 11.7 Å². The van der Waals surface area contributed by atoms with Gasteiger partial charge in [-0.3, -0.25) is 19.5 Å². The van der Waals surface area contributed by atoms with Crippen LogP contribution in [-0.2, 0) is 9.59 Å². The maximum atomic E-state index is 12.9. The summed E-state index contributed by atoms with van der Waals surface area (Å²) in [6.45, 7) is 0. The number of rotatable bonds is 3. The Balaban J connectivity index is 1.95. The fourth-order valence-electron chi connectivity index (χ4n) is 3.32. The molecule has 138 valence electrons. The van der Waals surface area contributed by atoms with Gasteiger partial charge < -0.3 is 10.2 Å². The molecule has 0 saturated carbocycles. The van der Waals surface area contributed by atoms with Crippen LogP contribution in [0, 0.1) is 0 Å². The molecule has 1 aliphatic heterocycles. The SMILES string of the molecule is O=C1C(=O)N(c2cccnc2)C(c2ccc(O)cc2)/C1=C(/O)c1ccccc1. The van der Waals surface area contributed by atoms with Crippen molar-refractivity contribution in [2.24, 2.45) is 0 Å². The summed E-state index contributed by atoms with van der Waals surface area (Å²) in [5, 5.41) is 20.5. The van der Waals surface area contributed by atoms with Gasteiger partial charge in [0.2, 0.25) is 0 Å². The highest BCUT2D eigenvalue weighted by atomic mass is 16.3. The first-order valence-electron chi connectivity index (χ1n) is 8.63. The Morgan fingerprint density at radius 1 is 0.929 bits per heavy atom. The number of aromatic hydroxyl groups is 1. The minimum Gasteiger partial charge on any atom is -0.508 e. The van der Waals surface area contributed by atoms with Crippen LogP contribution in [0.15, 0.2) is 84.7 Å². The number of pyridine rings is 1. The van der Waals surface area contributed by atoms with E-state index in [1.807, 2.05) is 0 Å². The molecule has 6 nitrogen and oxygen atoms in total. The molecule has 2 heterocycles. The van der Waals surface area contributed by atoms with E-state index in [0.717, 1.165) is 0 Å². The van der Waals surface area contributed by atoms with Crippen LogP contribution in [0.25, 0.3) is 5.76 Å². The number of phenols is 1. The number of phenolic OH excluding ortho intramolecular Hbond substituents is 1. The van der Waals surface area contributed by atoms with Gasteiger partial charge in [-0.05, 0) is 29.8 Å². The maximum Gasteiger partial charge on any atom is 0.300 e. The van der Waals surface area contributed by atoms with Crippen molar-refractivity contribution in [3.63, 3.8) is 0 Å². The summed E-state index contributed by atoms with van der Waals surface area (Å²) in [4.78, 5) is 31.1. The molecule has 0 bridgehead atoms. The lowest BCUT2D eigenvalue weighted by atomic mass is 9.95. The number of carbonyl (C=O) groups excluding carboxylic acids is 2. The number of Topliss-reactive ketones (excluding diaryl/α,β-unsaturated/α-hetero) is 1. The number of amides is 1. The van der Waals surface area contributed by atoms with Crippen molar-refractivity contribution >= 4 is 23.1 Å². The predicted octanol–water partition coefficient (Wildman–Crippen LogP) is 3.41. The largest absolute Gasteiger partial charge is 0.508 e. The molecular weight excluding hydrogens is 356 g/mol. The van der Waals surface area contributed by atoms with E-state index in [9.17, 15) is 19.8 Å². The second-order valence-corrected chi connectivity index (χ2v) is 6.34. The molecule has 1 aromatic heterocycles. The van der Waals surface area contributed by atoms with Gasteiger partial charge in [0.1, 0.15) is 11.5 Å². The predicted molar refractivity (Wildman–Crippen MR) is 104 cm³/mol. The summed E-state index contributed by atoms with van der Waals surface area (Å²) in [5.74, 6) is -1.71. The van der Waals surface area contributed by atoms with Crippen molar-refractivity contribution in [2.45, 2.75) is 6.04 Å². The molecule has 1 amide bonds. The Labute approximate surface area is 161 Å². The number of carbonyl (C=O) groups is 2. The Hall–Kier alpha value is -3.93. The number of anilines is 1. The zero-order chi connectivity index (χ0) is 19.7. The summed E-state index contributed by atoms with van der Waals surface area (Å²) in [6.07, 6.45) is 3.06. The van der Waals surface area contributed by atoms with Crippen LogP contribution in [0.2, 0.25) is 0 Å². The molecule has 4 rings (SSSR count). The molecule has 0 spiro atoms. The van der Waals surface area contributed by atoms with Gasteiger partial charge in [0.05, 0.1) is 23.5 Å². The Morgan fingerprint density at radius 2 is 1.64 bits per heavy atom. The van der Waals surface area contributed by atoms with E-state index in [2.05, 4.69) is 4.98 Å². The summed E-state index contributed by atoms with van der Waals surface area (Å²) in [6, 6.07) is 17.3. The van der Waals surface area contributed by atoms with E-state index in [1.54, 1.807) is 60.8 Å². The summed E-state index contributed by atoms with van der Waals surface area (Å²) >= 11 is 0. The van der Waals surface area contributed by atoms with Gasteiger partial charge >= 0.3 is 0 Å². The first-order chi connectivity index (χ1) is 13.6. The van der Waals surface area contributed by atoms with E-state index in [1.165, 1.54) is 23.2 Å². The van der Waals surface area contributed by atoms with Crippen LogP contribution in [0.3, 0.4) is 0 Å². The molecular formula is C22H16N2O4. The number of aliphatic hydroxyl groups excluding tert-OH is 1. The Morgan fingerprint density at radius 3 is 2.29 bits per heavy atom. The average molecular weight is 372 g/mol. The zero-order valence-corrected chi connectivity index (χ0v) is 14.7. The minimum absolute atomic E-state index is 0.00857. The zero-order valence-electron chi connectivity index (χ0n) is 14.7. The fraction of sp³-hybridized carbons (Fsp3) is 0.0455. The molecule has 1 aliphatic rings. The highest BCUT2D eigenvalue weighted by Gasteiger charge is 2.47. The average Bonchev–Trinajstić information content (AvgIpc) is 3.00. The summed E-state index contributed by atoms with van der Waals surface area (Å²) in [5.41, 5.74) is 1.45. The first kappa shape index (κ1) is 17.5. The van der Waals surface area contributed by atoms with E-state index in [0.29, 0.717) is 16.8 Å². The van der Waals surface area contributed by atoms with Crippen LogP contribution in [-0.4, -0.2) is 26.9 Å². The lowest BCUT2D eigenvalue weighted by Crippen LogP contribution is -2.29. The monoisotopic (exact) mass is 372 g/mol. The molecule has 1 unspecified atom stereocenters. The number of nitrogens with zero attached hydrogens (tertiary/aromatic N) is 2. The Kier molecular flexibility index (Phi) is 4.37. The summed E-state index contributed by atoms with van der Waals surface area (Å²) < 4.78 is 0. The molecule has 2 aromatic carbocycles. The van der Waals surface area contributed by atoms with Crippen molar-refractivity contribution in [2.75, 3.05) is 4.90 Å². The van der Waals surface area contributed by atoms with Crippen molar-refractivity contribution in [1.29, 1.82) is 0 Å². The first-order valence-corrected chi connectivity index (χ1v) is 8.63. The molecule has 2 N–H and O–H groups in total. The molecule has 1 atom stereocenters. The fourth-order valence-corrected chi connectivity index (χ4v) is 3.32. The van der Waals surface area contributed by atoms with E-state index in [4.69, 9.17) is 0 Å². The minimum atomic E-state index is -0.843. The van der Waals surface area contributed by atoms with E-state index < -0.39 is 17.7 Å².